The number of piperidine rings is 1. The van der Waals surface area contributed by atoms with Gasteiger partial charge < -0.3 is 15.3 Å². The molecular weight excluding hydrogens is 287 g/mol. The highest BCUT2D eigenvalue weighted by Crippen LogP contribution is 2.35. The molecule has 2 aliphatic rings. The Hall–Kier alpha value is -1.95. The number of carbonyl (C=O) groups is 1. The van der Waals surface area contributed by atoms with Crippen LogP contribution in [0.3, 0.4) is 0 Å². The number of nitrogens with one attached hydrogen (secondary N) is 1. The summed E-state index contributed by atoms with van der Waals surface area (Å²) in [5.41, 5.74) is 0.568. The van der Waals surface area contributed by atoms with Gasteiger partial charge in [-0.05, 0) is 31.5 Å². The van der Waals surface area contributed by atoms with E-state index in [9.17, 15) is 14.3 Å². The number of aliphatic carboxylic acids is 1. The summed E-state index contributed by atoms with van der Waals surface area (Å²) in [5, 5.41) is 16.8. The molecule has 6 heteroatoms. The van der Waals surface area contributed by atoms with Gasteiger partial charge >= 0.3 is 5.97 Å². The van der Waals surface area contributed by atoms with Crippen molar-refractivity contribution < 1.29 is 19.1 Å². The average Bonchev–Trinajstić information content (AvgIpc) is 2.96. The second-order valence-electron chi connectivity index (χ2n) is 6.05. The maximum absolute atomic E-state index is 13.3. The van der Waals surface area contributed by atoms with Gasteiger partial charge in [0.05, 0.1) is 11.1 Å². The lowest BCUT2D eigenvalue weighted by Gasteiger charge is -2.34. The molecule has 2 aliphatic heterocycles. The van der Waals surface area contributed by atoms with Crippen LogP contribution in [-0.4, -0.2) is 36.0 Å². The normalized spacial score (nSPS) is 28.0. The lowest BCUT2D eigenvalue weighted by Crippen LogP contribution is -2.47. The fourth-order valence-electron chi connectivity index (χ4n) is 3.22. The Kier molecular flexibility index (Phi) is 4.11. The Labute approximate surface area is 128 Å². The highest BCUT2D eigenvalue weighted by atomic mass is 19.1. The van der Waals surface area contributed by atoms with E-state index in [4.69, 9.17) is 4.84 Å². The molecule has 5 nitrogen and oxygen atoms in total. The van der Waals surface area contributed by atoms with Crippen molar-refractivity contribution in [1.82, 2.24) is 5.32 Å². The van der Waals surface area contributed by atoms with Gasteiger partial charge in [-0.3, -0.25) is 4.79 Å². The third kappa shape index (κ3) is 2.97. The molecule has 0 aromatic heterocycles. The van der Waals surface area contributed by atoms with Crippen molar-refractivity contribution >= 4 is 11.7 Å². The summed E-state index contributed by atoms with van der Waals surface area (Å²) < 4.78 is 13.3. The van der Waals surface area contributed by atoms with Crippen LogP contribution < -0.4 is 5.32 Å². The number of benzene rings is 1. The number of oxime groups is 1. The van der Waals surface area contributed by atoms with Crippen molar-refractivity contribution in [3.8, 4) is 0 Å². The molecule has 0 amide bonds. The number of halogens is 1. The van der Waals surface area contributed by atoms with Crippen LogP contribution in [0.25, 0.3) is 0 Å². The summed E-state index contributed by atoms with van der Waals surface area (Å²) in [6.07, 6.45) is 2.14. The third-order valence-electron chi connectivity index (χ3n) is 4.44. The van der Waals surface area contributed by atoms with E-state index in [1.165, 1.54) is 12.1 Å². The van der Waals surface area contributed by atoms with Gasteiger partial charge in [-0.25, -0.2) is 4.39 Å². The molecule has 0 radical (unpaired) electrons. The zero-order valence-electron chi connectivity index (χ0n) is 12.2. The smallest absolute Gasteiger partial charge is 0.311 e. The SMILES string of the molecule is O=C(O)[C@]1(C[C@H]2CC(c3cccc(F)c3)=NO2)CCCNC1. The molecule has 0 saturated carbocycles. The van der Waals surface area contributed by atoms with E-state index in [2.05, 4.69) is 10.5 Å². The number of carboxylic acids is 1. The Morgan fingerprint density at radius 1 is 1.55 bits per heavy atom. The van der Waals surface area contributed by atoms with E-state index in [0.29, 0.717) is 37.1 Å². The topological polar surface area (TPSA) is 70.9 Å². The second-order valence-corrected chi connectivity index (χ2v) is 6.05. The van der Waals surface area contributed by atoms with Gasteiger partial charge in [-0.15, -0.1) is 0 Å². The van der Waals surface area contributed by atoms with Gasteiger partial charge in [-0.2, -0.15) is 0 Å². The number of hydrogen-bond acceptors (Lipinski definition) is 4. The molecule has 2 heterocycles. The zero-order chi connectivity index (χ0) is 15.6. The maximum atomic E-state index is 13.3. The Balaban J connectivity index is 1.67. The summed E-state index contributed by atoms with van der Waals surface area (Å²) in [7, 11) is 0. The molecule has 0 bridgehead atoms. The largest absolute Gasteiger partial charge is 0.481 e. The lowest BCUT2D eigenvalue weighted by molar-refractivity contribution is -0.152. The molecule has 22 heavy (non-hydrogen) atoms. The lowest BCUT2D eigenvalue weighted by atomic mass is 9.75. The van der Waals surface area contributed by atoms with Gasteiger partial charge in [-0.1, -0.05) is 17.3 Å². The Morgan fingerprint density at radius 3 is 3.09 bits per heavy atom. The monoisotopic (exact) mass is 306 g/mol. The summed E-state index contributed by atoms with van der Waals surface area (Å²) in [5.74, 6) is -1.11. The van der Waals surface area contributed by atoms with E-state index in [1.54, 1.807) is 12.1 Å². The third-order valence-corrected chi connectivity index (χ3v) is 4.44. The van der Waals surface area contributed by atoms with Gasteiger partial charge in [0.1, 0.15) is 11.9 Å². The van der Waals surface area contributed by atoms with Crippen LogP contribution in [0.5, 0.6) is 0 Å². The summed E-state index contributed by atoms with van der Waals surface area (Å²) in [6.45, 7) is 1.31. The summed E-state index contributed by atoms with van der Waals surface area (Å²) >= 11 is 0. The van der Waals surface area contributed by atoms with E-state index in [1.807, 2.05) is 0 Å². The van der Waals surface area contributed by atoms with E-state index in [-0.39, 0.29) is 11.9 Å². The van der Waals surface area contributed by atoms with Crippen molar-refractivity contribution in [2.45, 2.75) is 31.8 Å². The number of rotatable bonds is 4. The van der Waals surface area contributed by atoms with E-state index >= 15 is 0 Å². The van der Waals surface area contributed by atoms with Crippen LogP contribution in [0.15, 0.2) is 29.4 Å². The van der Waals surface area contributed by atoms with Gasteiger partial charge in [0, 0.05) is 24.9 Å². The molecular formula is C16H19FN2O3. The molecule has 2 atom stereocenters. The van der Waals surface area contributed by atoms with Crippen LogP contribution in [0.4, 0.5) is 4.39 Å². The quantitative estimate of drug-likeness (QED) is 0.894. The molecule has 3 rings (SSSR count). The minimum Gasteiger partial charge on any atom is -0.481 e. The molecule has 0 unspecified atom stereocenters. The van der Waals surface area contributed by atoms with Gasteiger partial charge in [0.15, 0.2) is 0 Å². The predicted octanol–water partition coefficient (Wildman–Crippen LogP) is 2.16. The fourth-order valence-corrected chi connectivity index (χ4v) is 3.22. The van der Waals surface area contributed by atoms with Crippen molar-refractivity contribution in [1.29, 1.82) is 0 Å². The van der Waals surface area contributed by atoms with Crippen LogP contribution in [0.1, 0.15) is 31.2 Å². The summed E-state index contributed by atoms with van der Waals surface area (Å²) in [6, 6.07) is 6.21. The zero-order valence-corrected chi connectivity index (χ0v) is 12.2. The van der Waals surface area contributed by atoms with Crippen molar-refractivity contribution in [2.75, 3.05) is 13.1 Å². The van der Waals surface area contributed by atoms with E-state index < -0.39 is 11.4 Å². The fraction of sp³-hybridized carbons (Fsp3) is 0.500. The highest BCUT2D eigenvalue weighted by molar-refractivity contribution is 6.01. The maximum Gasteiger partial charge on any atom is 0.311 e. The van der Waals surface area contributed by atoms with Crippen molar-refractivity contribution in [2.24, 2.45) is 10.6 Å². The van der Waals surface area contributed by atoms with E-state index in [0.717, 1.165) is 13.0 Å². The molecule has 0 spiro atoms. The van der Waals surface area contributed by atoms with Crippen molar-refractivity contribution in [3.63, 3.8) is 0 Å². The molecule has 1 aromatic carbocycles. The van der Waals surface area contributed by atoms with Crippen LogP contribution in [-0.2, 0) is 9.63 Å². The first-order chi connectivity index (χ1) is 10.6. The first-order valence-electron chi connectivity index (χ1n) is 7.52. The number of hydrogen-bond donors (Lipinski definition) is 2. The molecule has 1 aromatic rings. The Bertz CT molecular complexity index is 597. The van der Waals surface area contributed by atoms with Crippen LogP contribution >= 0.6 is 0 Å². The number of nitrogens with zero attached hydrogens (tertiary/aromatic N) is 1. The standard InChI is InChI=1S/C16H19FN2O3/c17-12-4-1-3-11(7-12)14-8-13(22-19-14)9-16(15(20)21)5-2-6-18-10-16/h1,3-4,7,13,18H,2,5-6,8-10H2,(H,20,21)/t13-,16+/m1/s1. The molecule has 118 valence electrons. The first-order valence-corrected chi connectivity index (χ1v) is 7.52. The molecule has 1 fully saturated rings. The van der Waals surface area contributed by atoms with Crippen LogP contribution in [0, 0.1) is 11.2 Å². The Morgan fingerprint density at radius 2 is 2.41 bits per heavy atom. The van der Waals surface area contributed by atoms with Gasteiger partial charge in [0.25, 0.3) is 0 Å². The highest BCUT2D eigenvalue weighted by Gasteiger charge is 2.43. The van der Waals surface area contributed by atoms with Crippen LogP contribution in [0.2, 0.25) is 0 Å². The number of carboxylic acid groups (broad SMARTS) is 1. The van der Waals surface area contributed by atoms with Gasteiger partial charge in [0.2, 0.25) is 0 Å². The predicted molar refractivity (Wildman–Crippen MR) is 79.2 cm³/mol. The minimum absolute atomic E-state index is 0.269. The molecule has 0 aliphatic carbocycles. The summed E-state index contributed by atoms with van der Waals surface area (Å²) in [4.78, 5) is 17.1. The van der Waals surface area contributed by atoms with Crippen molar-refractivity contribution in [3.05, 3.63) is 35.6 Å². The average molecular weight is 306 g/mol. The first kappa shape index (κ1) is 15.0. The second kappa shape index (κ2) is 6.04. The molecule has 2 N–H and O–H groups in total. The minimum atomic E-state index is -0.796. The molecule has 1 saturated heterocycles.